The lowest BCUT2D eigenvalue weighted by molar-refractivity contribution is 0.0945. The van der Waals surface area contributed by atoms with Crippen molar-refractivity contribution in [1.82, 2.24) is 25.1 Å². The maximum Gasteiger partial charge on any atom is 0.317 e. The fraction of sp³-hybridized carbons (Fsp3) is 0.542. The zero-order valence-corrected chi connectivity index (χ0v) is 19.4. The first-order valence-corrected chi connectivity index (χ1v) is 11.6. The lowest BCUT2D eigenvalue weighted by Crippen LogP contribution is -2.43. The molecule has 2 N–H and O–H groups in total. The maximum atomic E-state index is 12.9. The number of benzene rings is 1. The van der Waals surface area contributed by atoms with Gasteiger partial charge in [0.15, 0.2) is 0 Å². The van der Waals surface area contributed by atoms with Gasteiger partial charge in [0.05, 0.1) is 0 Å². The van der Waals surface area contributed by atoms with Crippen molar-refractivity contribution >= 4 is 17.6 Å². The number of likely N-dealkylation sites (tertiary alicyclic amines) is 1. The summed E-state index contributed by atoms with van der Waals surface area (Å²) in [5.74, 6) is 0.705. The molecule has 2 aliphatic rings. The van der Waals surface area contributed by atoms with E-state index in [0.717, 1.165) is 43.0 Å². The van der Waals surface area contributed by atoms with Crippen molar-refractivity contribution < 1.29 is 9.59 Å². The molecule has 0 spiro atoms. The quantitative estimate of drug-likeness (QED) is 0.752. The molecule has 32 heavy (non-hydrogen) atoms. The highest BCUT2D eigenvalue weighted by Crippen LogP contribution is 2.27. The Labute approximate surface area is 190 Å². The van der Waals surface area contributed by atoms with Gasteiger partial charge in [0.1, 0.15) is 11.5 Å². The normalized spacial score (nSPS) is 17.0. The molecule has 172 valence electrons. The molecule has 8 heteroatoms. The zero-order valence-electron chi connectivity index (χ0n) is 19.4. The highest BCUT2D eigenvalue weighted by molar-refractivity contribution is 5.93. The van der Waals surface area contributed by atoms with Crippen LogP contribution in [0.1, 0.15) is 59.3 Å². The Morgan fingerprint density at radius 2 is 1.69 bits per heavy atom. The summed E-state index contributed by atoms with van der Waals surface area (Å²) in [7, 11) is 1.66. The van der Waals surface area contributed by atoms with E-state index in [9.17, 15) is 9.59 Å². The molecule has 4 rings (SSSR count). The average molecular weight is 439 g/mol. The van der Waals surface area contributed by atoms with Crippen LogP contribution in [0.3, 0.4) is 0 Å². The summed E-state index contributed by atoms with van der Waals surface area (Å²) in [5.41, 5.74) is 3.72. The third kappa shape index (κ3) is 4.59. The summed E-state index contributed by atoms with van der Waals surface area (Å²) in [4.78, 5) is 33.6. The molecule has 0 saturated carbocycles. The van der Waals surface area contributed by atoms with Crippen molar-refractivity contribution in [3.05, 3.63) is 47.0 Å². The van der Waals surface area contributed by atoms with Gasteiger partial charge in [0, 0.05) is 57.2 Å². The third-order valence-corrected chi connectivity index (χ3v) is 6.73. The monoisotopic (exact) mass is 438 g/mol. The molecular formula is C24H34N6O2. The molecule has 0 atom stereocenters. The van der Waals surface area contributed by atoms with E-state index in [2.05, 4.69) is 49.4 Å². The topological polar surface area (TPSA) is 82.5 Å². The first kappa shape index (κ1) is 22.2. The summed E-state index contributed by atoms with van der Waals surface area (Å²) >= 11 is 0. The molecule has 2 fully saturated rings. The van der Waals surface area contributed by atoms with Gasteiger partial charge in [-0.05, 0) is 57.2 Å². The number of urea groups is 1. The van der Waals surface area contributed by atoms with Crippen molar-refractivity contribution in [1.29, 1.82) is 0 Å². The third-order valence-electron chi connectivity index (χ3n) is 6.73. The fourth-order valence-corrected chi connectivity index (χ4v) is 4.96. The second-order valence-corrected chi connectivity index (χ2v) is 8.78. The van der Waals surface area contributed by atoms with Gasteiger partial charge in [0.25, 0.3) is 5.91 Å². The Morgan fingerprint density at radius 1 is 1.03 bits per heavy atom. The van der Waals surface area contributed by atoms with Gasteiger partial charge in [-0.15, -0.1) is 0 Å². The minimum absolute atomic E-state index is 0.0314. The van der Waals surface area contributed by atoms with E-state index in [1.54, 1.807) is 7.05 Å². The molecule has 1 aromatic heterocycles. The van der Waals surface area contributed by atoms with E-state index in [4.69, 9.17) is 0 Å². The Hall–Kier alpha value is -3.03. The van der Waals surface area contributed by atoms with E-state index in [0.29, 0.717) is 25.3 Å². The number of carbonyl (C=O) groups excluding carboxylic acids is 2. The van der Waals surface area contributed by atoms with Crippen molar-refractivity contribution in [2.75, 3.05) is 38.1 Å². The largest absolute Gasteiger partial charge is 0.372 e. The SMILES string of the molecule is CNC(=O)N1CCC(n2c(C)nc(C(=O)NCc3ccc(N4CCCC4)cc3)c2C)CC1. The number of anilines is 1. The van der Waals surface area contributed by atoms with Crippen molar-refractivity contribution in [3.63, 3.8) is 0 Å². The summed E-state index contributed by atoms with van der Waals surface area (Å²) < 4.78 is 2.17. The van der Waals surface area contributed by atoms with Crippen LogP contribution in [0.4, 0.5) is 10.5 Å². The minimum atomic E-state index is -0.143. The fourth-order valence-electron chi connectivity index (χ4n) is 4.96. The molecular weight excluding hydrogens is 404 g/mol. The van der Waals surface area contributed by atoms with Crippen LogP contribution < -0.4 is 15.5 Å². The van der Waals surface area contributed by atoms with Gasteiger partial charge in [-0.2, -0.15) is 0 Å². The average Bonchev–Trinajstić information content (AvgIpc) is 3.45. The number of aryl methyl sites for hydroxylation is 1. The Balaban J connectivity index is 1.37. The van der Waals surface area contributed by atoms with Crippen LogP contribution >= 0.6 is 0 Å². The van der Waals surface area contributed by atoms with Gasteiger partial charge in [-0.1, -0.05) is 12.1 Å². The predicted octanol–water partition coefficient (Wildman–Crippen LogP) is 3.01. The van der Waals surface area contributed by atoms with Crippen molar-refractivity contribution in [3.8, 4) is 0 Å². The van der Waals surface area contributed by atoms with Crippen LogP contribution in [0.2, 0.25) is 0 Å². The molecule has 2 aliphatic heterocycles. The standard InChI is InChI=1S/C24H34N6O2/c1-17-22(27-18(2)30(17)21-10-14-29(15-11-21)24(32)25-3)23(31)26-16-19-6-8-20(9-7-19)28-12-4-5-13-28/h6-9,21H,4-5,10-16H2,1-3H3,(H,25,32)(H,26,31). The molecule has 0 aliphatic carbocycles. The summed E-state index contributed by atoms with van der Waals surface area (Å²) in [6.07, 6.45) is 4.23. The molecule has 0 unspecified atom stereocenters. The Bertz CT molecular complexity index is 954. The van der Waals surface area contributed by atoms with E-state index in [1.165, 1.54) is 18.5 Å². The van der Waals surface area contributed by atoms with Gasteiger partial charge in [0.2, 0.25) is 0 Å². The number of nitrogens with one attached hydrogen (secondary N) is 2. The molecule has 1 aromatic carbocycles. The van der Waals surface area contributed by atoms with Gasteiger partial charge >= 0.3 is 6.03 Å². The molecule has 0 radical (unpaired) electrons. The summed E-state index contributed by atoms with van der Waals surface area (Å²) in [5, 5.41) is 5.72. The highest BCUT2D eigenvalue weighted by Gasteiger charge is 2.27. The number of aromatic nitrogens is 2. The number of rotatable bonds is 5. The first-order chi connectivity index (χ1) is 15.5. The van der Waals surface area contributed by atoms with Gasteiger partial charge in [-0.3, -0.25) is 4.79 Å². The molecule has 3 amide bonds. The van der Waals surface area contributed by atoms with Gasteiger partial charge in [-0.25, -0.2) is 9.78 Å². The van der Waals surface area contributed by atoms with Crippen LogP contribution in [0.25, 0.3) is 0 Å². The molecule has 3 heterocycles. The number of imidazole rings is 1. The van der Waals surface area contributed by atoms with Gasteiger partial charge < -0.3 is 25.0 Å². The minimum Gasteiger partial charge on any atom is -0.372 e. The lowest BCUT2D eigenvalue weighted by atomic mass is 10.0. The Kier molecular flexibility index (Phi) is 6.67. The Morgan fingerprint density at radius 3 is 2.31 bits per heavy atom. The maximum absolute atomic E-state index is 12.9. The number of nitrogens with zero attached hydrogens (tertiary/aromatic N) is 4. The summed E-state index contributed by atoms with van der Waals surface area (Å²) in [6.45, 7) is 8.06. The molecule has 2 aromatic rings. The molecule has 0 bridgehead atoms. The van der Waals surface area contributed by atoms with Crippen molar-refractivity contribution in [2.24, 2.45) is 0 Å². The predicted molar refractivity (Wildman–Crippen MR) is 125 cm³/mol. The second kappa shape index (κ2) is 9.63. The van der Waals surface area contributed by atoms with Crippen LogP contribution in [-0.4, -0.2) is 59.6 Å². The lowest BCUT2D eigenvalue weighted by Gasteiger charge is -2.33. The van der Waals surface area contributed by atoms with E-state index >= 15 is 0 Å². The number of carbonyl (C=O) groups is 2. The summed E-state index contributed by atoms with van der Waals surface area (Å²) in [6, 6.07) is 8.68. The van der Waals surface area contributed by atoms with Crippen molar-refractivity contribution in [2.45, 2.75) is 52.1 Å². The van der Waals surface area contributed by atoms with E-state index in [1.807, 2.05) is 18.7 Å². The smallest absolute Gasteiger partial charge is 0.317 e. The van der Waals surface area contributed by atoms with Crippen LogP contribution in [-0.2, 0) is 6.54 Å². The van der Waals surface area contributed by atoms with E-state index < -0.39 is 0 Å². The van der Waals surface area contributed by atoms with Crippen LogP contribution in [0.5, 0.6) is 0 Å². The number of hydrogen-bond acceptors (Lipinski definition) is 4. The van der Waals surface area contributed by atoms with Crippen LogP contribution in [0.15, 0.2) is 24.3 Å². The molecule has 2 saturated heterocycles. The highest BCUT2D eigenvalue weighted by atomic mass is 16.2. The zero-order chi connectivity index (χ0) is 22.7. The number of amides is 3. The van der Waals surface area contributed by atoms with E-state index in [-0.39, 0.29) is 18.0 Å². The van der Waals surface area contributed by atoms with Crippen LogP contribution in [0, 0.1) is 13.8 Å². The second-order valence-electron chi connectivity index (χ2n) is 8.78. The molecule has 8 nitrogen and oxygen atoms in total. The first-order valence-electron chi connectivity index (χ1n) is 11.6. The number of piperidine rings is 1. The number of hydrogen-bond donors (Lipinski definition) is 2.